The molecule has 0 aliphatic rings. The number of aromatic nitrogens is 2. The van der Waals surface area contributed by atoms with Crippen LogP contribution in [-0.2, 0) is 0 Å². The summed E-state index contributed by atoms with van der Waals surface area (Å²) in [6.07, 6.45) is 1.66. The highest BCUT2D eigenvalue weighted by molar-refractivity contribution is 8.01. The second kappa shape index (κ2) is 3.76. The molecule has 2 rings (SSSR count). The van der Waals surface area contributed by atoms with Crippen LogP contribution in [0.1, 0.15) is 0 Å². The Morgan fingerprint density at radius 3 is 3.00 bits per heavy atom. The molecule has 0 spiro atoms. The van der Waals surface area contributed by atoms with E-state index in [-0.39, 0.29) is 0 Å². The predicted octanol–water partition coefficient (Wildman–Crippen LogP) is 2.27. The van der Waals surface area contributed by atoms with Crippen LogP contribution < -0.4 is 5.73 Å². The summed E-state index contributed by atoms with van der Waals surface area (Å²) in [5.41, 5.74) is 5.46. The van der Waals surface area contributed by atoms with Gasteiger partial charge < -0.3 is 5.73 Å². The molecule has 0 aromatic carbocycles. The third kappa shape index (κ3) is 2.19. The zero-order chi connectivity index (χ0) is 9.10. The van der Waals surface area contributed by atoms with Crippen LogP contribution in [-0.4, -0.2) is 9.97 Å². The minimum absolute atomic E-state index is 0.321. The lowest BCUT2D eigenvalue weighted by Gasteiger charge is -1.96. The van der Waals surface area contributed by atoms with Crippen molar-refractivity contribution < 1.29 is 0 Å². The van der Waals surface area contributed by atoms with Crippen molar-refractivity contribution in [1.82, 2.24) is 9.97 Å². The summed E-state index contributed by atoms with van der Waals surface area (Å²) in [6, 6.07) is 5.91. The fourth-order valence-corrected chi connectivity index (χ4v) is 2.52. The Balaban J connectivity index is 2.19. The van der Waals surface area contributed by atoms with Crippen LogP contribution in [0.15, 0.2) is 39.0 Å². The van der Waals surface area contributed by atoms with E-state index in [1.165, 1.54) is 4.21 Å². The monoisotopic (exact) mass is 209 g/mol. The second-order valence-electron chi connectivity index (χ2n) is 2.29. The predicted molar refractivity (Wildman–Crippen MR) is 54.9 cm³/mol. The molecule has 0 radical (unpaired) electrons. The van der Waals surface area contributed by atoms with Crippen molar-refractivity contribution >= 4 is 29.0 Å². The minimum Gasteiger partial charge on any atom is -0.368 e. The van der Waals surface area contributed by atoms with Crippen LogP contribution in [0.2, 0.25) is 0 Å². The summed E-state index contributed by atoms with van der Waals surface area (Å²) < 4.78 is 1.21. The normalized spacial score (nSPS) is 10.2. The van der Waals surface area contributed by atoms with Gasteiger partial charge in [-0.15, -0.1) is 11.3 Å². The largest absolute Gasteiger partial charge is 0.368 e. The standard InChI is InChI=1S/C8H7N3S2/c9-8-10-4-3-6(11-8)13-7-2-1-5-12-7/h1-5H,(H2,9,10,11). The lowest BCUT2D eigenvalue weighted by atomic mass is 10.7. The molecule has 0 unspecified atom stereocenters. The summed E-state index contributed by atoms with van der Waals surface area (Å²) in [4.78, 5) is 7.91. The van der Waals surface area contributed by atoms with Crippen molar-refractivity contribution in [3.8, 4) is 0 Å². The number of hydrogen-bond acceptors (Lipinski definition) is 5. The lowest BCUT2D eigenvalue weighted by molar-refractivity contribution is 1.07. The van der Waals surface area contributed by atoms with Crippen LogP contribution in [0.3, 0.4) is 0 Å². The molecule has 0 fully saturated rings. The Hall–Kier alpha value is -1.07. The molecular weight excluding hydrogens is 202 g/mol. The SMILES string of the molecule is Nc1nccc(Sc2cccs2)n1. The Morgan fingerprint density at radius 2 is 2.31 bits per heavy atom. The van der Waals surface area contributed by atoms with Crippen molar-refractivity contribution in [2.45, 2.75) is 9.24 Å². The molecule has 0 aliphatic heterocycles. The lowest BCUT2D eigenvalue weighted by Crippen LogP contribution is -1.93. The minimum atomic E-state index is 0.321. The molecule has 66 valence electrons. The first kappa shape index (κ1) is 8.52. The van der Waals surface area contributed by atoms with Gasteiger partial charge in [0.05, 0.1) is 4.21 Å². The van der Waals surface area contributed by atoms with Crippen LogP contribution in [0.4, 0.5) is 5.95 Å². The number of rotatable bonds is 2. The third-order valence-electron chi connectivity index (χ3n) is 1.35. The van der Waals surface area contributed by atoms with Gasteiger partial charge in [-0.25, -0.2) is 9.97 Å². The maximum atomic E-state index is 5.46. The number of anilines is 1. The zero-order valence-electron chi connectivity index (χ0n) is 6.68. The first-order valence-corrected chi connectivity index (χ1v) is 5.34. The van der Waals surface area contributed by atoms with E-state index >= 15 is 0 Å². The average Bonchev–Trinajstić information content (AvgIpc) is 2.57. The molecule has 2 heterocycles. The van der Waals surface area contributed by atoms with E-state index in [1.54, 1.807) is 29.3 Å². The average molecular weight is 209 g/mol. The quantitative estimate of drug-likeness (QED) is 0.771. The Labute approximate surface area is 84.0 Å². The zero-order valence-corrected chi connectivity index (χ0v) is 8.31. The highest BCUT2D eigenvalue weighted by Gasteiger charge is 1.99. The van der Waals surface area contributed by atoms with E-state index in [2.05, 4.69) is 9.97 Å². The fourth-order valence-electron chi connectivity index (χ4n) is 0.838. The molecule has 0 amide bonds. The van der Waals surface area contributed by atoms with Crippen molar-refractivity contribution in [1.29, 1.82) is 0 Å². The van der Waals surface area contributed by atoms with Gasteiger partial charge in [0.2, 0.25) is 5.95 Å². The first-order valence-electron chi connectivity index (χ1n) is 3.64. The van der Waals surface area contributed by atoms with E-state index in [0.717, 1.165) is 5.03 Å². The molecule has 13 heavy (non-hydrogen) atoms. The molecule has 0 saturated heterocycles. The number of nitrogen functional groups attached to an aromatic ring is 1. The topological polar surface area (TPSA) is 51.8 Å². The van der Waals surface area contributed by atoms with Gasteiger partial charge in [-0.3, -0.25) is 0 Å². The number of hydrogen-bond donors (Lipinski definition) is 1. The number of nitrogens with zero attached hydrogens (tertiary/aromatic N) is 2. The smallest absolute Gasteiger partial charge is 0.221 e. The van der Waals surface area contributed by atoms with E-state index < -0.39 is 0 Å². The van der Waals surface area contributed by atoms with Crippen molar-refractivity contribution in [2.24, 2.45) is 0 Å². The van der Waals surface area contributed by atoms with Crippen LogP contribution in [0.5, 0.6) is 0 Å². The molecule has 0 atom stereocenters. The van der Waals surface area contributed by atoms with Gasteiger partial charge in [0.1, 0.15) is 5.03 Å². The van der Waals surface area contributed by atoms with Crippen LogP contribution in [0, 0.1) is 0 Å². The summed E-state index contributed by atoms with van der Waals surface area (Å²) >= 11 is 3.28. The molecular formula is C8H7N3S2. The Bertz CT molecular complexity index is 386. The molecule has 2 N–H and O–H groups in total. The molecule has 2 aromatic heterocycles. The summed E-state index contributed by atoms with van der Waals surface area (Å²) in [7, 11) is 0. The van der Waals surface area contributed by atoms with Gasteiger partial charge in [-0.2, -0.15) is 0 Å². The Morgan fingerprint density at radius 1 is 1.38 bits per heavy atom. The number of nitrogens with two attached hydrogens (primary N) is 1. The van der Waals surface area contributed by atoms with Gasteiger partial charge in [-0.05, 0) is 17.5 Å². The molecule has 0 saturated carbocycles. The maximum absolute atomic E-state index is 5.46. The van der Waals surface area contributed by atoms with Gasteiger partial charge >= 0.3 is 0 Å². The molecule has 0 bridgehead atoms. The highest BCUT2D eigenvalue weighted by atomic mass is 32.2. The summed E-state index contributed by atoms with van der Waals surface area (Å²) in [5.74, 6) is 0.321. The molecule has 5 heteroatoms. The van der Waals surface area contributed by atoms with Gasteiger partial charge in [-0.1, -0.05) is 17.8 Å². The fraction of sp³-hybridized carbons (Fsp3) is 0. The van der Waals surface area contributed by atoms with Gasteiger partial charge in [0.25, 0.3) is 0 Å². The van der Waals surface area contributed by atoms with E-state index in [9.17, 15) is 0 Å². The third-order valence-corrected chi connectivity index (χ3v) is 3.32. The second-order valence-corrected chi connectivity index (χ2v) is 4.56. The number of thiophene rings is 1. The molecule has 3 nitrogen and oxygen atoms in total. The molecule has 2 aromatic rings. The molecule has 0 aliphatic carbocycles. The maximum Gasteiger partial charge on any atom is 0.221 e. The summed E-state index contributed by atoms with van der Waals surface area (Å²) in [6.45, 7) is 0. The van der Waals surface area contributed by atoms with Gasteiger partial charge in [0.15, 0.2) is 0 Å². The van der Waals surface area contributed by atoms with Crippen molar-refractivity contribution in [2.75, 3.05) is 5.73 Å². The van der Waals surface area contributed by atoms with Gasteiger partial charge in [0, 0.05) is 6.20 Å². The van der Waals surface area contributed by atoms with E-state index in [0.29, 0.717) is 5.95 Å². The van der Waals surface area contributed by atoms with Crippen LogP contribution in [0.25, 0.3) is 0 Å². The highest BCUT2D eigenvalue weighted by Crippen LogP contribution is 2.29. The summed E-state index contributed by atoms with van der Waals surface area (Å²) in [5, 5.41) is 2.92. The van der Waals surface area contributed by atoms with Crippen LogP contribution >= 0.6 is 23.1 Å². The van der Waals surface area contributed by atoms with E-state index in [1.807, 2.05) is 23.6 Å². The van der Waals surface area contributed by atoms with Crippen molar-refractivity contribution in [3.05, 3.63) is 29.8 Å². The van der Waals surface area contributed by atoms with E-state index in [4.69, 9.17) is 5.73 Å². The first-order chi connectivity index (χ1) is 6.34. The van der Waals surface area contributed by atoms with Crippen molar-refractivity contribution in [3.63, 3.8) is 0 Å². The Kier molecular flexibility index (Phi) is 2.47.